The quantitative estimate of drug-likeness (QED) is 0.919. The second kappa shape index (κ2) is 6.54. The predicted molar refractivity (Wildman–Crippen MR) is 93.9 cm³/mol. The Morgan fingerprint density at radius 3 is 2.87 bits per heavy atom. The Hall–Kier alpha value is -0.910. The number of nitrogens with one attached hydrogen (secondary N) is 1. The molecule has 0 saturated carbocycles. The van der Waals surface area contributed by atoms with Crippen LogP contribution in [0.25, 0.3) is 0 Å². The molecule has 1 saturated heterocycles. The Balaban J connectivity index is 1.67. The highest BCUT2D eigenvalue weighted by Gasteiger charge is 2.33. The molecular formula is C18H28N2O2S. The van der Waals surface area contributed by atoms with Crippen LogP contribution in [-0.2, 0) is 22.0 Å². The van der Waals surface area contributed by atoms with Gasteiger partial charge in [0.1, 0.15) is 0 Å². The van der Waals surface area contributed by atoms with Crippen molar-refractivity contribution < 1.29 is 8.42 Å². The van der Waals surface area contributed by atoms with Gasteiger partial charge in [-0.2, -0.15) is 0 Å². The van der Waals surface area contributed by atoms with E-state index in [0.717, 1.165) is 25.8 Å². The Labute approximate surface area is 140 Å². The van der Waals surface area contributed by atoms with Gasteiger partial charge in [-0.3, -0.25) is 0 Å². The number of piperidine rings is 1. The molecule has 0 spiro atoms. The summed E-state index contributed by atoms with van der Waals surface area (Å²) in [5.74, 6) is 0.407. The van der Waals surface area contributed by atoms with Crippen molar-refractivity contribution in [3.05, 3.63) is 35.4 Å². The molecule has 1 N–H and O–H groups in total. The van der Waals surface area contributed by atoms with Crippen LogP contribution in [0.5, 0.6) is 0 Å². The summed E-state index contributed by atoms with van der Waals surface area (Å²) >= 11 is 0. The molecule has 1 heterocycles. The zero-order valence-electron chi connectivity index (χ0n) is 14.2. The first kappa shape index (κ1) is 16.9. The van der Waals surface area contributed by atoms with Crippen LogP contribution >= 0.6 is 0 Å². The molecule has 128 valence electrons. The molecule has 2 atom stereocenters. The second-order valence-corrected chi connectivity index (χ2v) is 9.34. The smallest absolute Gasteiger partial charge is 0.211 e. The molecule has 0 amide bonds. The van der Waals surface area contributed by atoms with Gasteiger partial charge in [-0.1, -0.05) is 24.3 Å². The van der Waals surface area contributed by atoms with Crippen LogP contribution in [0.3, 0.4) is 0 Å². The van der Waals surface area contributed by atoms with Gasteiger partial charge < -0.3 is 5.32 Å². The summed E-state index contributed by atoms with van der Waals surface area (Å²) in [6.07, 6.45) is 6.91. The second-order valence-electron chi connectivity index (χ2n) is 7.35. The third kappa shape index (κ3) is 3.78. The first-order chi connectivity index (χ1) is 10.9. The average molecular weight is 337 g/mol. The van der Waals surface area contributed by atoms with E-state index in [1.807, 2.05) is 0 Å². The fraction of sp³-hybridized carbons (Fsp3) is 0.667. The number of sulfonamides is 1. The highest BCUT2D eigenvalue weighted by molar-refractivity contribution is 7.88. The highest BCUT2D eigenvalue weighted by atomic mass is 32.2. The van der Waals surface area contributed by atoms with Crippen molar-refractivity contribution in [3.63, 3.8) is 0 Å². The van der Waals surface area contributed by atoms with E-state index in [0.29, 0.717) is 19.0 Å². The molecule has 0 unspecified atom stereocenters. The first-order valence-electron chi connectivity index (χ1n) is 8.67. The molecule has 4 nitrogen and oxygen atoms in total. The fourth-order valence-corrected chi connectivity index (χ4v) is 5.03. The van der Waals surface area contributed by atoms with Crippen LogP contribution in [-0.4, -0.2) is 38.6 Å². The molecule has 1 fully saturated rings. The predicted octanol–water partition coefficient (Wildman–Crippen LogP) is 2.50. The molecule has 0 radical (unpaired) electrons. The molecule has 1 aromatic rings. The summed E-state index contributed by atoms with van der Waals surface area (Å²) in [6, 6.07) is 8.72. The molecule has 2 aliphatic rings. The number of benzene rings is 1. The molecule has 0 bridgehead atoms. The van der Waals surface area contributed by atoms with Gasteiger partial charge in [-0.25, -0.2) is 12.7 Å². The Morgan fingerprint density at radius 1 is 1.30 bits per heavy atom. The van der Waals surface area contributed by atoms with Crippen molar-refractivity contribution in [1.29, 1.82) is 0 Å². The maximum absolute atomic E-state index is 11.8. The van der Waals surface area contributed by atoms with Gasteiger partial charge >= 0.3 is 0 Å². The van der Waals surface area contributed by atoms with E-state index in [9.17, 15) is 8.42 Å². The topological polar surface area (TPSA) is 49.4 Å². The number of hydrogen-bond acceptors (Lipinski definition) is 3. The molecule has 1 aromatic carbocycles. The maximum atomic E-state index is 11.8. The number of fused-ring (bicyclic) bond motifs is 1. The van der Waals surface area contributed by atoms with Crippen LogP contribution in [0.15, 0.2) is 24.3 Å². The van der Waals surface area contributed by atoms with Gasteiger partial charge in [-0.05, 0) is 56.1 Å². The van der Waals surface area contributed by atoms with E-state index >= 15 is 0 Å². The number of nitrogens with zero attached hydrogens (tertiary/aromatic N) is 1. The Kier molecular flexibility index (Phi) is 4.81. The van der Waals surface area contributed by atoms with Gasteiger partial charge in [0.15, 0.2) is 0 Å². The lowest BCUT2D eigenvalue weighted by Gasteiger charge is -2.39. The van der Waals surface area contributed by atoms with Gasteiger partial charge in [0, 0.05) is 25.2 Å². The summed E-state index contributed by atoms with van der Waals surface area (Å²) < 4.78 is 25.2. The summed E-state index contributed by atoms with van der Waals surface area (Å²) in [5.41, 5.74) is 2.89. The zero-order valence-corrected chi connectivity index (χ0v) is 15.0. The van der Waals surface area contributed by atoms with Gasteiger partial charge in [0.05, 0.1) is 6.26 Å². The number of hydrogen-bond donors (Lipinski definition) is 1. The lowest BCUT2D eigenvalue weighted by molar-refractivity contribution is 0.226. The van der Waals surface area contributed by atoms with Crippen molar-refractivity contribution >= 4 is 10.0 Å². The minimum atomic E-state index is -3.06. The summed E-state index contributed by atoms with van der Waals surface area (Å²) in [6.45, 7) is 4.51. The molecule has 3 rings (SSSR count). The van der Waals surface area contributed by atoms with E-state index < -0.39 is 10.0 Å². The van der Waals surface area contributed by atoms with Crippen molar-refractivity contribution in [2.75, 3.05) is 25.9 Å². The van der Waals surface area contributed by atoms with E-state index in [2.05, 4.69) is 36.5 Å². The van der Waals surface area contributed by atoms with Crippen LogP contribution in [0.1, 0.15) is 43.7 Å². The monoisotopic (exact) mass is 336 g/mol. The SMILES string of the molecule is C[C@@]1(NC[C@@H]2CCCN(S(C)(=O)=O)C2)CCCc2ccccc21. The zero-order chi connectivity index (χ0) is 16.5. The summed E-state index contributed by atoms with van der Waals surface area (Å²) in [5, 5.41) is 3.77. The maximum Gasteiger partial charge on any atom is 0.211 e. The Bertz CT molecular complexity index is 659. The number of rotatable bonds is 4. The van der Waals surface area contributed by atoms with Crippen LogP contribution in [0.4, 0.5) is 0 Å². The van der Waals surface area contributed by atoms with Crippen LogP contribution in [0.2, 0.25) is 0 Å². The summed E-state index contributed by atoms with van der Waals surface area (Å²) in [4.78, 5) is 0. The standard InChI is InChI=1S/C18H28N2O2S/c1-18(11-5-9-16-8-3-4-10-17(16)18)19-13-15-7-6-12-20(14-15)23(2,21)22/h3-4,8,10,15,19H,5-7,9,11-14H2,1-2H3/t15-,18+/m0/s1. The minimum absolute atomic E-state index is 0.0161. The molecule has 5 heteroatoms. The van der Waals surface area contributed by atoms with Gasteiger partial charge in [-0.15, -0.1) is 0 Å². The largest absolute Gasteiger partial charge is 0.307 e. The molecule has 1 aliphatic heterocycles. The van der Waals surface area contributed by atoms with E-state index in [-0.39, 0.29) is 5.54 Å². The fourth-order valence-electron chi connectivity index (χ4n) is 4.09. The molecular weight excluding hydrogens is 308 g/mol. The summed E-state index contributed by atoms with van der Waals surface area (Å²) in [7, 11) is -3.06. The first-order valence-corrected chi connectivity index (χ1v) is 10.5. The third-order valence-electron chi connectivity index (χ3n) is 5.47. The van der Waals surface area contributed by atoms with Crippen molar-refractivity contribution in [1.82, 2.24) is 9.62 Å². The number of aryl methyl sites for hydroxylation is 1. The normalized spacial score (nSPS) is 29.2. The molecule has 0 aromatic heterocycles. The third-order valence-corrected chi connectivity index (χ3v) is 6.74. The van der Waals surface area contributed by atoms with Crippen LogP contribution < -0.4 is 5.32 Å². The van der Waals surface area contributed by atoms with Gasteiger partial charge in [0.2, 0.25) is 10.0 Å². The average Bonchev–Trinajstić information content (AvgIpc) is 2.53. The minimum Gasteiger partial charge on any atom is -0.307 e. The molecule has 23 heavy (non-hydrogen) atoms. The van der Waals surface area contributed by atoms with Crippen molar-refractivity contribution in [3.8, 4) is 0 Å². The van der Waals surface area contributed by atoms with Crippen molar-refractivity contribution in [2.45, 2.75) is 44.6 Å². The van der Waals surface area contributed by atoms with Crippen LogP contribution in [0, 0.1) is 5.92 Å². The van der Waals surface area contributed by atoms with E-state index in [1.54, 1.807) is 4.31 Å². The lowest BCUT2D eigenvalue weighted by atomic mass is 9.77. The highest BCUT2D eigenvalue weighted by Crippen LogP contribution is 2.35. The van der Waals surface area contributed by atoms with Crippen molar-refractivity contribution in [2.24, 2.45) is 5.92 Å². The van der Waals surface area contributed by atoms with E-state index in [1.165, 1.54) is 30.2 Å². The Morgan fingerprint density at radius 2 is 2.09 bits per heavy atom. The van der Waals surface area contributed by atoms with E-state index in [4.69, 9.17) is 0 Å². The lowest BCUT2D eigenvalue weighted by Crippen LogP contribution is -2.48. The molecule has 1 aliphatic carbocycles. The van der Waals surface area contributed by atoms with Gasteiger partial charge in [0.25, 0.3) is 0 Å².